The van der Waals surface area contributed by atoms with Crippen molar-refractivity contribution in [1.82, 2.24) is 0 Å². The summed E-state index contributed by atoms with van der Waals surface area (Å²) in [4.78, 5) is -1.27. The smallest absolute Gasteiger partial charge is 0.338 e. The highest BCUT2D eigenvalue weighted by Crippen LogP contribution is 2.32. The molecular formula is C18H9AlBr6O9S3. The van der Waals surface area contributed by atoms with Crippen LogP contribution in [0.15, 0.2) is 96.1 Å². The molecule has 0 aromatic heterocycles. The van der Waals surface area contributed by atoms with Gasteiger partial charge in [0.1, 0.15) is 14.7 Å². The van der Waals surface area contributed by atoms with Crippen LogP contribution in [-0.2, 0) is 40.1 Å². The Morgan fingerprint density at radius 2 is 0.703 bits per heavy atom. The van der Waals surface area contributed by atoms with Crippen molar-refractivity contribution in [3.8, 4) is 0 Å². The standard InChI is InChI=1S/3C6H4Br2O3S.Al/c3*7-4-1-2-5(8)6(3-4)12(9,10)11;/h3*1-3H,(H,9,10,11);/q;;;+3/p-3. The fourth-order valence-corrected chi connectivity index (χ4v) is 13.3. The SMILES string of the molecule is O=S(=O)([O][Al]([O]S(=O)(=O)c1cc(Br)ccc1Br)[O]S(=O)(=O)c1cc(Br)ccc1Br)c1cc(Br)ccc1Br. The number of halogens is 6. The van der Waals surface area contributed by atoms with Crippen LogP contribution in [0.1, 0.15) is 0 Å². The average molecular weight is 972 g/mol. The molecule has 37 heavy (non-hydrogen) atoms. The van der Waals surface area contributed by atoms with Gasteiger partial charge in [-0.2, -0.15) is 25.3 Å². The van der Waals surface area contributed by atoms with Crippen LogP contribution >= 0.6 is 95.6 Å². The van der Waals surface area contributed by atoms with Crippen molar-refractivity contribution < 1.29 is 35.0 Å². The topological polar surface area (TPSA) is 130 Å². The summed E-state index contributed by atoms with van der Waals surface area (Å²) < 4.78 is 94.8. The summed E-state index contributed by atoms with van der Waals surface area (Å²) >= 11 is 14.1. The highest BCUT2D eigenvalue weighted by Gasteiger charge is 2.48. The van der Waals surface area contributed by atoms with Gasteiger partial charge in [-0.3, -0.25) is 0 Å². The van der Waals surface area contributed by atoms with Crippen LogP contribution < -0.4 is 0 Å². The number of rotatable bonds is 9. The van der Waals surface area contributed by atoms with Gasteiger partial charge in [-0.25, -0.2) is 0 Å². The summed E-state index contributed by atoms with van der Waals surface area (Å²) in [5.41, 5.74) is 0. The van der Waals surface area contributed by atoms with Crippen molar-refractivity contribution in [3.63, 3.8) is 0 Å². The molecule has 0 saturated heterocycles. The second-order valence-corrected chi connectivity index (χ2v) is 18.9. The minimum absolute atomic E-state index is 0.0682. The van der Waals surface area contributed by atoms with Gasteiger partial charge in [0.05, 0.1) is 0 Å². The Kier molecular flexibility index (Phi) is 11.1. The van der Waals surface area contributed by atoms with E-state index in [1.807, 2.05) is 0 Å². The van der Waals surface area contributed by atoms with Crippen LogP contribution in [0.3, 0.4) is 0 Å². The summed E-state index contributed by atoms with van der Waals surface area (Å²) in [5, 5.41) is 0. The third-order valence-corrected chi connectivity index (χ3v) is 16.0. The maximum atomic E-state index is 13.1. The molecule has 0 N–H and O–H groups in total. The molecule has 19 heteroatoms. The van der Waals surface area contributed by atoms with E-state index >= 15 is 0 Å². The van der Waals surface area contributed by atoms with Gasteiger partial charge < -0.3 is 9.70 Å². The van der Waals surface area contributed by atoms with Gasteiger partial charge in [-0.1, -0.05) is 47.8 Å². The van der Waals surface area contributed by atoms with Gasteiger partial charge in [0, 0.05) is 26.8 Å². The molecule has 0 aliphatic heterocycles. The zero-order chi connectivity index (χ0) is 27.8. The maximum absolute atomic E-state index is 13.1. The van der Waals surface area contributed by atoms with Crippen LogP contribution in [0.5, 0.6) is 0 Å². The van der Waals surface area contributed by atoms with Gasteiger partial charge >= 0.3 is 15.1 Å². The predicted molar refractivity (Wildman–Crippen MR) is 156 cm³/mol. The Hall–Kier alpha value is 0.802. The third-order valence-electron chi connectivity index (χ3n) is 4.10. The summed E-state index contributed by atoms with van der Waals surface area (Å²) in [5.74, 6) is 0. The molecule has 3 aromatic carbocycles. The molecule has 0 amide bonds. The van der Waals surface area contributed by atoms with Crippen molar-refractivity contribution in [2.45, 2.75) is 14.7 Å². The lowest BCUT2D eigenvalue weighted by molar-refractivity contribution is 0.311. The van der Waals surface area contributed by atoms with Gasteiger partial charge in [0.2, 0.25) is 0 Å². The van der Waals surface area contributed by atoms with Crippen LogP contribution in [-0.4, -0.2) is 40.4 Å². The molecule has 0 saturated carbocycles. The van der Waals surface area contributed by atoms with Crippen molar-refractivity contribution in [2.75, 3.05) is 0 Å². The quantitative estimate of drug-likeness (QED) is 0.214. The first-order valence-corrected chi connectivity index (χ1v) is 19.6. The van der Waals surface area contributed by atoms with Crippen molar-refractivity contribution in [3.05, 3.63) is 81.4 Å². The molecule has 0 spiro atoms. The van der Waals surface area contributed by atoms with Crippen molar-refractivity contribution >= 4 is 141 Å². The Balaban J connectivity index is 2.09. The molecule has 9 nitrogen and oxygen atoms in total. The van der Waals surface area contributed by atoms with E-state index in [1.165, 1.54) is 54.6 Å². The van der Waals surface area contributed by atoms with E-state index in [2.05, 4.69) is 95.6 Å². The van der Waals surface area contributed by atoms with E-state index in [0.29, 0.717) is 13.4 Å². The lowest BCUT2D eigenvalue weighted by Crippen LogP contribution is -2.35. The van der Waals surface area contributed by atoms with Gasteiger partial charge in [0.15, 0.2) is 0 Å². The largest absolute Gasteiger partial charge is 0.952 e. The van der Waals surface area contributed by atoms with E-state index < -0.39 is 60.2 Å². The molecule has 0 heterocycles. The fraction of sp³-hybridized carbons (Fsp3) is 0. The second-order valence-electron chi connectivity index (χ2n) is 6.66. The normalized spacial score (nSPS) is 12.5. The highest BCUT2D eigenvalue weighted by atomic mass is 79.9. The molecular weight excluding hydrogens is 963 g/mol. The lowest BCUT2D eigenvalue weighted by Gasteiger charge is -2.16. The Bertz CT molecular complexity index is 1480. The summed E-state index contributed by atoms with van der Waals surface area (Å²) in [6, 6.07) is 12.3. The third kappa shape index (κ3) is 8.41. The minimum Gasteiger partial charge on any atom is -0.338 e. The van der Waals surface area contributed by atoms with E-state index in [0.717, 1.165) is 0 Å². The van der Waals surface area contributed by atoms with E-state index in [9.17, 15) is 25.3 Å². The summed E-state index contributed by atoms with van der Waals surface area (Å²) in [7, 11) is -14.4. The Morgan fingerprint density at radius 1 is 0.459 bits per heavy atom. The zero-order valence-corrected chi connectivity index (χ0v) is 30.6. The molecule has 198 valence electrons. The first kappa shape index (κ1) is 32.3. The second kappa shape index (κ2) is 12.8. The van der Waals surface area contributed by atoms with Crippen LogP contribution in [0.2, 0.25) is 0 Å². The Labute approximate surface area is 268 Å². The monoisotopic (exact) mass is 965 g/mol. The molecule has 3 aromatic rings. The lowest BCUT2D eigenvalue weighted by atomic mass is 10.4. The highest BCUT2D eigenvalue weighted by molar-refractivity contribution is 9.11. The van der Waals surface area contributed by atoms with E-state index in [1.54, 1.807) is 0 Å². The Morgan fingerprint density at radius 3 is 0.946 bits per heavy atom. The van der Waals surface area contributed by atoms with Gasteiger partial charge in [0.25, 0.3) is 30.4 Å². The first-order valence-electron chi connectivity index (χ1n) is 9.17. The molecule has 0 unspecified atom stereocenters. The minimum atomic E-state index is -4.79. The van der Waals surface area contributed by atoms with Crippen LogP contribution in [0.25, 0.3) is 0 Å². The van der Waals surface area contributed by atoms with Gasteiger partial charge in [-0.15, -0.1) is 0 Å². The summed E-state index contributed by atoms with van der Waals surface area (Å²) in [6.45, 7) is 0. The molecule has 0 radical (unpaired) electrons. The number of hydrogen-bond acceptors (Lipinski definition) is 9. The van der Waals surface area contributed by atoms with Crippen LogP contribution in [0, 0.1) is 0 Å². The van der Waals surface area contributed by atoms with Crippen molar-refractivity contribution in [1.29, 1.82) is 0 Å². The number of hydrogen-bond donors (Lipinski definition) is 0. The molecule has 3 rings (SSSR count). The molecule has 0 aliphatic rings. The maximum Gasteiger partial charge on any atom is 0.952 e. The summed E-state index contributed by atoms with van der Waals surface area (Å²) in [6.07, 6.45) is 0. The zero-order valence-electron chi connectivity index (χ0n) is 17.4. The molecule has 0 bridgehead atoms. The van der Waals surface area contributed by atoms with Crippen molar-refractivity contribution in [2.24, 2.45) is 0 Å². The number of benzene rings is 3. The molecule has 0 atom stereocenters. The molecule has 0 fully saturated rings. The molecule has 0 aliphatic carbocycles. The van der Waals surface area contributed by atoms with Gasteiger partial charge in [-0.05, 0) is 102 Å². The van der Waals surface area contributed by atoms with E-state index in [-0.39, 0.29) is 13.4 Å². The van der Waals surface area contributed by atoms with E-state index in [4.69, 9.17) is 9.70 Å². The van der Waals surface area contributed by atoms with Crippen LogP contribution in [0.4, 0.5) is 0 Å². The predicted octanol–water partition coefficient (Wildman–Crippen LogP) is 6.76. The fourth-order valence-electron chi connectivity index (χ4n) is 2.52. The first-order chi connectivity index (χ1) is 17.0. The average Bonchev–Trinajstić information content (AvgIpc) is 2.77.